The first-order valence-corrected chi connectivity index (χ1v) is 9.07. The minimum atomic E-state index is 0.202. The lowest BCUT2D eigenvalue weighted by Crippen LogP contribution is -2.48. The van der Waals surface area contributed by atoms with Crippen LogP contribution in [0.1, 0.15) is 16.1 Å². The summed E-state index contributed by atoms with van der Waals surface area (Å²) in [4.78, 5) is 25.1. The van der Waals surface area contributed by atoms with Gasteiger partial charge in [-0.25, -0.2) is 4.98 Å². The molecule has 0 atom stereocenters. The Labute approximate surface area is 144 Å². The fourth-order valence-electron chi connectivity index (χ4n) is 3.39. The van der Waals surface area contributed by atoms with Crippen molar-refractivity contribution in [3.05, 3.63) is 47.1 Å². The van der Waals surface area contributed by atoms with Crippen molar-refractivity contribution in [1.82, 2.24) is 14.9 Å². The molecular formula is C18H20N4OS. The summed E-state index contributed by atoms with van der Waals surface area (Å²) in [5, 5.41) is 4.11. The molecular weight excluding hydrogens is 320 g/mol. The van der Waals surface area contributed by atoms with Gasteiger partial charge in [0.1, 0.15) is 0 Å². The Morgan fingerprint density at radius 3 is 2.79 bits per heavy atom. The van der Waals surface area contributed by atoms with E-state index in [1.165, 1.54) is 0 Å². The van der Waals surface area contributed by atoms with E-state index in [2.05, 4.69) is 19.8 Å². The average molecular weight is 340 g/mol. The van der Waals surface area contributed by atoms with E-state index in [1.807, 2.05) is 42.8 Å². The number of carbonyl (C=O) groups excluding carboxylic acids is 1. The number of aromatic amines is 1. The number of Topliss-reactive ketones (excluding diaryl/α,β-unsaturated/α-hetero) is 1. The van der Waals surface area contributed by atoms with Crippen LogP contribution < -0.4 is 4.90 Å². The molecule has 4 rings (SSSR count). The first-order valence-electron chi connectivity index (χ1n) is 8.19. The minimum absolute atomic E-state index is 0.202. The van der Waals surface area contributed by atoms with Crippen molar-refractivity contribution >= 4 is 33.2 Å². The number of carbonyl (C=O) groups is 1. The maximum absolute atomic E-state index is 12.8. The summed E-state index contributed by atoms with van der Waals surface area (Å²) in [7, 11) is 0. The van der Waals surface area contributed by atoms with Crippen LogP contribution in [-0.4, -0.2) is 53.4 Å². The number of rotatable bonds is 4. The molecule has 0 saturated carbocycles. The van der Waals surface area contributed by atoms with Crippen LogP contribution in [0.25, 0.3) is 10.9 Å². The highest BCUT2D eigenvalue weighted by Crippen LogP contribution is 2.23. The van der Waals surface area contributed by atoms with E-state index in [9.17, 15) is 4.79 Å². The normalized spacial score (nSPS) is 16.0. The van der Waals surface area contributed by atoms with Crippen LogP contribution in [-0.2, 0) is 0 Å². The number of hydrogen-bond donors (Lipinski definition) is 1. The third-order valence-corrected chi connectivity index (χ3v) is 5.43. The van der Waals surface area contributed by atoms with Crippen LogP contribution in [0.3, 0.4) is 0 Å². The van der Waals surface area contributed by atoms with Crippen LogP contribution in [0, 0.1) is 6.92 Å². The van der Waals surface area contributed by atoms with Crippen LogP contribution in [0.5, 0.6) is 0 Å². The number of piperazine rings is 1. The zero-order valence-corrected chi connectivity index (χ0v) is 14.5. The number of H-pyrrole nitrogens is 1. The largest absolute Gasteiger partial charge is 0.358 e. The highest BCUT2D eigenvalue weighted by molar-refractivity contribution is 7.13. The summed E-state index contributed by atoms with van der Waals surface area (Å²) in [5.41, 5.74) is 2.84. The minimum Gasteiger partial charge on any atom is -0.358 e. The lowest BCUT2D eigenvalue weighted by molar-refractivity contribution is 0.0927. The number of fused-ring (bicyclic) bond motifs is 1. The molecule has 2 aromatic heterocycles. The quantitative estimate of drug-likeness (QED) is 0.742. The molecule has 24 heavy (non-hydrogen) atoms. The van der Waals surface area contributed by atoms with Crippen molar-refractivity contribution in [3.8, 4) is 0 Å². The fraction of sp³-hybridized carbons (Fsp3) is 0.333. The number of aromatic nitrogens is 2. The lowest BCUT2D eigenvalue weighted by Gasteiger charge is -2.34. The maximum Gasteiger partial charge on any atom is 0.185 e. The fourth-order valence-corrected chi connectivity index (χ4v) is 4.08. The molecule has 0 unspecified atom stereocenters. The smallest absolute Gasteiger partial charge is 0.185 e. The van der Waals surface area contributed by atoms with Gasteiger partial charge in [-0.15, -0.1) is 11.3 Å². The van der Waals surface area contributed by atoms with Crippen molar-refractivity contribution in [2.75, 3.05) is 37.6 Å². The highest BCUT2D eigenvalue weighted by Gasteiger charge is 2.23. The van der Waals surface area contributed by atoms with Crippen molar-refractivity contribution in [2.45, 2.75) is 6.92 Å². The molecule has 6 heteroatoms. The molecule has 124 valence electrons. The third-order valence-electron chi connectivity index (χ3n) is 4.60. The molecule has 1 saturated heterocycles. The molecule has 3 aromatic rings. The van der Waals surface area contributed by atoms with Crippen LogP contribution in [0.15, 0.2) is 35.8 Å². The van der Waals surface area contributed by atoms with Gasteiger partial charge < -0.3 is 9.88 Å². The standard InChI is InChI=1S/C18H20N4OS/c1-13-17(14-4-2-3-5-15(14)20-13)16(23)12-21-7-9-22(10-8-21)18-19-6-11-24-18/h2-6,11,20H,7-10,12H2,1H3. The van der Waals surface area contributed by atoms with E-state index in [0.717, 1.165) is 53.5 Å². The van der Waals surface area contributed by atoms with Crippen molar-refractivity contribution in [3.63, 3.8) is 0 Å². The molecule has 3 heterocycles. The number of hydrogen-bond acceptors (Lipinski definition) is 5. The van der Waals surface area contributed by atoms with Crippen LogP contribution >= 0.6 is 11.3 Å². The zero-order chi connectivity index (χ0) is 16.5. The molecule has 0 spiro atoms. The number of aryl methyl sites for hydroxylation is 1. The number of para-hydroxylation sites is 1. The van der Waals surface area contributed by atoms with Gasteiger partial charge in [0.15, 0.2) is 10.9 Å². The van der Waals surface area contributed by atoms with Gasteiger partial charge in [-0.05, 0) is 13.0 Å². The maximum atomic E-state index is 12.8. The van der Waals surface area contributed by atoms with E-state index in [0.29, 0.717) is 6.54 Å². The molecule has 5 nitrogen and oxygen atoms in total. The first-order chi connectivity index (χ1) is 11.7. The predicted octanol–water partition coefficient (Wildman–Crippen LogP) is 2.94. The second kappa shape index (κ2) is 6.37. The molecule has 1 aromatic carbocycles. The van der Waals surface area contributed by atoms with Gasteiger partial charge in [-0.2, -0.15) is 0 Å². The number of nitrogens with one attached hydrogen (secondary N) is 1. The summed E-state index contributed by atoms with van der Waals surface area (Å²) >= 11 is 1.67. The topological polar surface area (TPSA) is 52.2 Å². The van der Waals surface area contributed by atoms with Crippen molar-refractivity contribution in [1.29, 1.82) is 0 Å². The van der Waals surface area contributed by atoms with Gasteiger partial charge in [-0.1, -0.05) is 18.2 Å². The van der Waals surface area contributed by atoms with Gasteiger partial charge in [0.25, 0.3) is 0 Å². The Kier molecular flexibility index (Phi) is 4.08. The molecule has 0 radical (unpaired) electrons. The Hall–Kier alpha value is -2.18. The molecule has 1 aliphatic heterocycles. The van der Waals surface area contributed by atoms with Gasteiger partial charge in [-0.3, -0.25) is 9.69 Å². The second-order valence-electron chi connectivity index (χ2n) is 6.17. The molecule has 1 aliphatic rings. The van der Waals surface area contributed by atoms with Crippen LogP contribution in [0.2, 0.25) is 0 Å². The van der Waals surface area contributed by atoms with Crippen molar-refractivity contribution < 1.29 is 4.79 Å². The molecule has 1 N–H and O–H groups in total. The number of ketones is 1. The number of nitrogens with zero attached hydrogens (tertiary/aromatic N) is 3. The van der Waals surface area contributed by atoms with Gasteiger partial charge >= 0.3 is 0 Å². The molecule has 0 amide bonds. The van der Waals surface area contributed by atoms with Gasteiger partial charge in [0.05, 0.1) is 6.54 Å². The molecule has 0 bridgehead atoms. The van der Waals surface area contributed by atoms with Crippen LogP contribution in [0.4, 0.5) is 5.13 Å². The molecule has 0 aliphatic carbocycles. The summed E-state index contributed by atoms with van der Waals surface area (Å²) < 4.78 is 0. The third kappa shape index (κ3) is 2.83. The number of anilines is 1. The van der Waals surface area contributed by atoms with E-state index >= 15 is 0 Å². The van der Waals surface area contributed by atoms with E-state index < -0.39 is 0 Å². The summed E-state index contributed by atoms with van der Waals surface area (Å²) in [6.45, 7) is 6.10. The van der Waals surface area contributed by atoms with E-state index in [1.54, 1.807) is 11.3 Å². The zero-order valence-electron chi connectivity index (χ0n) is 13.7. The Balaban J connectivity index is 1.44. The van der Waals surface area contributed by atoms with Gasteiger partial charge in [0, 0.05) is 59.9 Å². The Morgan fingerprint density at radius 1 is 1.25 bits per heavy atom. The molecule has 1 fully saturated rings. The average Bonchev–Trinajstić information content (AvgIpc) is 3.22. The summed E-state index contributed by atoms with van der Waals surface area (Å²) in [6.07, 6.45) is 1.84. The Morgan fingerprint density at radius 2 is 2.04 bits per heavy atom. The number of thiazole rings is 1. The van der Waals surface area contributed by atoms with Gasteiger partial charge in [0.2, 0.25) is 0 Å². The van der Waals surface area contributed by atoms with E-state index in [-0.39, 0.29) is 5.78 Å². The highest BCUT2D eigenvalue weighted by atomic mass is 32.1. The van der Waals surface area contributed by atoms with Crippen molar-refractivity contribution in [2.24, 2.45) is 0 Å². The first kappa shape index (κ1) is 15.4. The monoisotopic (exact) mass is 340 g/mol. The number of benzene rings is 1. The SMILES string of the molecule is Cc1[nH]c2ccccc2c1C(=O)CN1CCN(c2nccs2)CC1. The second-order valence-corrected chi connectivity index (χ2v) is 7.04. The summed E-state index contributed by atoms with van der Waals surface area (Å²) in [5.74, 6) is 0.202. The Bertz CT molecular complexity index is 847. The predicted molar refractivity (Wildman–Crippen MR) is 98.1 cm³/mol. The van der Waals surface area contributed by atoms with E-state index in [4.69, 9.17) is 0 Å². The lowest BCUT2D eigenvalue weighted by atomic mass is 10.1. The summed E-state index contributed by atoms with van der Waals surface area (Å²) in [6, 6.07) is 8.02.